The molecular weight excluding hydrogens is 377 g/mol. The molecule has 6 nitrogen and oxygen atoms in total. The SMILES string of the molecule is COc1cccc2c1[P+](O)(C(C)(C)C)[C@H](C(C)(C)C(=O)N[C@@H](CO)C(C)C)O2. The van der Waals surface area contributed by atoms with E-state index in [9.17, 15) is 14.8 Å². The number of carbonyl (C=O) groups is 1. The number of hydrogen-bond donors (Lipinski definition) is 3. The monoisotopic (exact) mass is 412 g/mol. The summed E-state index contributed by atoms with van der Waals surface area (Å²) in [5.74, 6) is 0.260. The lowest BCUT2D eigenvalue weighted by Crippen LogP contribution is -2.53. The van der Waals surface area contributed by atoms with Crippen molar-refractivity contribution in [2.24, 2.45) is 11.3 Å². The van der Waals surface area contributed by atoms with Crippen molar-refractivity contribution in [3.8, 4) is 11.5 Å². The topological polar surface area (TPSA) is 88.0 Å². The van der Waals surface area contributed by atoms with Crippen LogP contribution in [0.3, 0.4) is 0 Å². The van der Waals surface area contributed by atoms with Crippen molar-refractivity contribution in [3.05, 3.63) is 18.2 Å². The number of fused-ring (bicyclic) bond motifs is 1. The Morgan fingerprint density at radius 3 is 2.36 bits per heavy atom. The molecule has 2 rings (SSSR count). The Hall–Kier alpha value is -1.36. The maximum atomic E-state index is 13.2. The summed E-state index contributed by atoms with van der Waals surface area (Å²) in [5, 5.41) is 12.7. The number of carbonyl (C=O) groups excluding carboxylic acids is 1. The van der Waals surface area contributed by atoms with Crippen LogP contribution in [0.15, 0.2) is 18.2 Å². The molecule has 1 aliphatic heterocycles. The highest BCUT2D eigenvalue weighted by Gasteiger charge is 2.71. The summed E-state index contributed by atoms with van der Waals surface area (Å²) in [6.45, 7) is 13.2. The van der Waals surface area contributed by atoms with Crippen LogP contribution in [0.25, 0.3) is 0 Å². The largest absolute Gasteiger partial charge is 0.492 e. The second kappa shape index (κ2) is 7.81. The molecule has 3 N–H and O–H groups in total. The highest BCUT2D eigenvalue weighted by molar-refractivity contribution is 7.80. The first-order chi connectivity index (χ1) is 12.8. The molecule has 0 spiro atoms. The molecule has 1 aromatic carbocycles. The zero-order valence-electron chi connectivity index (χ0n) is 18.2. The normalized spacial score (nSPS) is 23.2. The van der Waals surface area contributed by atoms with Gasteiger partial charge in [0.1, 0.15) is 10.6 Å². The zero-order chi connectivity index (χ0) is 21.5. The summed E-state index contributed by atoms with van der Waals surface area (Å²) in [6, 6.07) is 5.09. The number of benzene rings is 1. The molecule has 3 atom stereocenters. The molecule has 1 aliphatic rings. The van der Waals surface area contributed by atoms with E-state index in [-0.39, 0.29) is 24.5 Å². The number of rotatable bonds is 6. The Labute approximate surface area is 169 Å². The molecule has 0 saturated heterocycles. The molecule has 158 valence electrons. The Balaban J connectivity index is 2.53. The van der Waals surface area contributed by atoms with Gasteiger partial charge >= 0.3 is 0 Å². The van der Waals surface area contributed by atoms with Gasteiger partial charge in [0.05, 0.1) is 19.8 Å². The summed E-state index contributed by atoms with van der Waals surface area (Å²) in [6.07, 6.45) is 0. The molecule has 1 amide bonds. The minimum atomic E-state index is -2.98. The summed E-state index contributed by atoms with van der Waals surface area (Å²) in [5.41, 5.74) is -1.03. The molecule has 0 aromatic heterocycles. The lowest BCUT2D eigenvalue weighted by Gasteiger charge is -2.39. The fourth-order valence-corrected chi connectivity index (χ4v) is 7.49. The smallest absolute Gasteiger partial charge is 0.251 e. The van der Waals surface area contributed by atoms with E-state index >= 15 is 0 Å². The average Bonchev–Trinajstić information content (AvgIpc) is 2.94. The predicted molar refractivity (Wildman–Crippen MR) is 114 cm³/mol. The molecule has 0 fully saturated rings. The quantitative estimate of drug-likeness (QED) is 0.626. The second-order valence-electron chi connectivity index (χ2n) is 9.36. The summed E-state index contributed by atoms with van der Waals surface area (Å²) in [4.78, 5) is 25.3. The molecule has 28 heavy (non-hydrogen) atoms. The van der Waals surface area contributed by atoms with Gasteiger partial charge in [-0.25, -0.2) is 4.89 Å². The van der Waals surface area contributed by atoms with Gasteiger partial charge in [-0.15, -0.1) is 0 Å². The van der Waals surface area contributed by atoms with Crippen LogP contribution in [0.5, 0.6) is 11.5 Å². The molecule has 7 heteroatoms. The van der Waals surface area contributed by atoms with Crippen LogP contribution in [0.2, 0.25) is 0 Å². The third-order valence-electron chi connectivity index (χ3n) is 5.64. The first-order valence-corrected chi connectivity index (χ1v) is 11.5. The Bertz CT molecular complexity index is 728. The highest BCUT2D eigenvalue weighted by Crippen LogP contribution is 2.76. The van der Waals surface area contributed by atoms with E-state index in [1.165, 1.54) is 0 Å². The van der Waals surface area contributed by atoms with E-state index < -0.39 is 23.9 Å². The van der Waals surface area contributed by atoms with Crippen molar-refractivity contribution in [2.45, 2.75) is 65.5 Å². The van der Waals surface area contributed by atoms with Crippen LogP contribution in [0.1, 0.15) is 48.5 Å². The van der Waals surface area contributed by atoms with Gasteiger partial charge in [-0.2, -0.15) is 0 Å². The summed E-state index contributed by atoms with van der Waals surface area (Å²) >= 11 is 0. The van der Waals surface area contributed by atoms with Crippen molar-refractivity contribution in [2.75, 3.05) is 13.7 Å². The average molecular weight is 412 g/mol. The van der Waals surface area contributed by atoms with Gasteiger partial charge in [0.2, 0.25) is 18.7 Å². The van der Waals surface area contributed by atoms with Crippen LogP contribution in [0.4, 0.5) is 0 Å². The fraction of sp³-hybridized carbons (Fsp3) is 0.667. The van der Waals surface area contributed by atoms with Crippen molar-refractivity contribution in [3.63, 3.8) is 0 Å². The van der Waals surface area contributed by atoms with E-state index in [4.69, 9.17) is 9.47 Å². The lowest BCUT2D eigenvalue weighted by atomic mass is 9.91. The first kappa shape index (κ1) is 22.9. The minimum Gasteiger partial charge on any atom is -0.492 e. The number of aliphatic hydroxyl groups excluding tert-OH is 1. The molecule has 1 unspecified atom stereocenters. The maximum absolute atomic E-state index is 13.2. The molecule has 0 bridgehead atoms. The van der Waals surface area contributed by atoms with Gasteiger partial charge in [0, 0.05) is 0 Å². The van der Waals surface area contributed by atoms with Crippen LogP contribution < -0.4 is 20.1 Å². The number of nitrogens with one attached hydrogen (secondary N) is 1. The van der Waals surface area contributed by atoms with Crippen molar-refractivity contribution < 1.29 is 24.3 Å². The number of amides is 1. The third-order valence-corrected chi connectivity index (χ3v) is 10.2. The summed E-state index contributed by atoms with van der Waals surface area (Å²) in [7, 11) is -1.41. The van der Waals surface area contributed by atoms with E-state index in [0.717, 1.165) is 0 Å². The van der Waals surface area contributed by atoms with Gasteiger partial charge in [-0.1, -0.05) is 19.9 Å². The van der Waals surface area contributed by atoms with E-state index in [0.29, 0.717) is 16.8 Å². The van der Waals surface area contributed by atoms with Gasteiger partial charge < -0.3 is 19.9 Å². The first-order valence-electron chi connectivity index (χ1n) is 9.70. The van der Waals surface area contributed by atoms with Gasteiger partial charge in [0.15, 0.2) is 11.5 Å². The van der Waals surface area contributed by atoms with E-state index in [1.807, 2.05) is 52.8 Å². The van der Waals surface area contributed by atoms with Crippen LogP contribution >= 0.6 is 7.49 Å². The second-order valence-corrected chi connectivity index (χ2v) is 13.0. The predicted octanol–water partition coefficient (Wildman–Crippen LogP) is 2.92. The molecule has 0 saturated carbocycles. The number of methoxy groups -OCH3 is 1. The molecule has 1 heterocycles. The molecule has 1 aromatic rings. The van der Waals surface area contributed by atoms with Gasteiger partial charge in [-0.05, 0) is 52.7 Å². The Kier molecular flexibility index (Phi) is 6.40. The Morgan fingerprint density at radius 2 is 1.89 bits per heavy atom. The van der Waals surface area contributed by atoms with E-state index in [1.54, 1.807) is 21.0 Å². The van der Waals surface area contributed by atoms with Crippen molar-refractivity contribution in [1.29, 1.82) is 0 Å². The van der Waals surface area contributed by atoms with Gasteiger partial charge in [-0.3, -0.25) is 4.79 Å². The fourth-order valence-electron chi connectivity index (χ4n) is 3.60. The standard InChI is InChI=1S/C21H34NO5P/c1-13(2)14(12-23)22-18(24)21(6,7)19-27-16-11-9-10-15(26-8)17(16)28(19,25)20(3,4)5/h9-11,13-14,19,23,25H,12H2,1-8H3/p+1/t14-,19+,28?/m0/s1. The van der Waals surface area contributed by atoms with Crippen LogP contribution in [0, 0.1) is 11.3 Å². The molecule has 0 aliphatic carbocycles. The van der Waals surface area contributed by atoms with Gasteiger partial charge in [0.25, 0.3) is 5.85 Å². The van der Waals surface area contributed by atoms with Crippen molar-refractivity contribution in [1.82, 2.24) is 5.32 Å². The third kappa shape index (κ3) is 3.62. The van der Waals surface area contributed by atoms with Crippen LogP contribution in [-0.2, 0) is 4.79 Å². The number of hydrogen-bond acceptors (Lipinski definition) is 5. The van der Waals surface area contributed by atoms with Crippen molar-refractivity contribution >= 4 is 18.7 Å². The maximum Gasteiger partial charge on any atom is 0.251 e. The summed E-state index contributed by atoms with van der Waals surface area (Å²) < 4.78 is 11.8. The van der Waals surface area contributed by atoms with E-state index in [2.05, 4.69) is 5.32 Å². The minimum absolute atomic E-state index is 0.0860. The molecule has 0 radical (unpaired) electrons. The lowest BCUT2D eigenvalue weighted by molar-refractivity contribution is -0.133. The van der Waals surface area contributed by atoms with Crippen LogP contribution in [-0.4, -0.2) is 46.7 Å². The number of aliphatic hydroxyl groups is 1. The molecular formula is C21H35NO5P+. The highest BCUT2D eigenvalue weighted by atomic mass is 31.2. The Morgan fingerprint density at radius 1 is 1.29 bits per heavy atom. The zero-order valence-corrected chi connectivity index (χ0v) is 19.1. The number of ether oxygens (including phenoxy) is 2.